The first-order valence-corrected chi connectivity index (χ1v) is 12.5. The highest BCUT2D eigenvalue weighted by molar-refractivity contribution is 7.92. The summed E-state index contributed by atoms with van der Waals surface area (Å²) in [5, 5.41) is 42.1. The van der Waals surface area contributed by atoms with Gasteiger partial charge in [0.15, 0.2) is 9.84 Å². The third-order valence-corrected chi connectivity index (χ3v) is 8.25. The summed E-state index contributed by atoms with van der Waals surface area (Å²) in [5.74, 6) is 0. The molecule has 33 heavy (non-hydrogen) atoms. The summed E-state index contributed by atoms with van der Waals surface area (Å²) in [7, 11) is -3.73. The molecule has 0 radical (unpaired) electrons. The number of hydroxylamine groups is 1. The Hall–Kier alpha value is -2.34. The van der Waals surface area contributed by atoms with Crippen LogP contribution in [0.2, 0.25) is 0 Å². The van der Waals surface area contributed by atoms with Crippen LogP contribution in [0.15, 0.2) is 53.7 Å². The van der Waals surface area contributed by atoms with Crippen LogP contribution in [0.25, 0.3) is 11.1 Å². The Kier molecular flexibility index (Phi) is 7.88. The zero-order valence-corrected chi connectivity index (χ0v) is 19.4. The lowest BCUT2D eigenvalue weighted by molar-refractivity contribution is -0.0355. The fourth-order valence-electron chi connectivity index (χ4n) is 3.80. The third kappa shape index (κ3) is 5.60. The smallest absolute Gasteiger partial charge is 0.156 e. The second-order valence-corrected chi connectivity index (χ2v) is 11.0. The van der Waals surface area contributed by atoms with Crippen LogP contribution in [0.5, 0.6) is 0 Å². The van der Waals surface area contributed by atoms with Crippen molar-refractivity contribution in [2.75, 3.05) is 12.9 Å². The van der Waals surface area contributed by atoms with E-state index < -0.39 is 33.0 Å². The van der Waals surface area contributed by atoms with E-state index in [1.807, 2.05) is 48.5 Å². The number of benzene rings is 2. The highest BCUT2D eigenvalue weighted by Gasteiger charge is 2.46. The standard InChI is InChI=1S/C23H30N2O7S/c1-23(22(28)24-29,33(2,30)31)14-19-13-20(25-32-19)17-7-3-15(4-8-17)16-5-9-18(10-6-16)21(27)11-12-26/h3-10,19,21-22,24,26-29H,11-14H2,1-2H3/t19-,21?,22?,23-/m1/s1. The molecule has 1 heterocycles. The summed E-state index contributed by atoms with van der Waals surface area (Å²) < 4.78 is 22.8. The normalized spacial score (nSPS) is 19.9. The fraction of sp³-hybridized carbons (Fsp3) is 0.435. The van der Waals surface area contributed by atoms with Crippen LogP contribution in [0.1, 0.15) is 43.4 Å². The first-order valence-electron chi connectivity index (χ1n) is 10.6. The summed E-state index contributed by atoms with van der Waals surface area (Å²) in [4.78, 5) is 5.44. The third-order valence-electron chi connectivity index (χ3n) is 6.16. The average Bonchev–Trinajstić information content (AvgIpc) is 3.26. The molecule has 0 saturated carbocycles. The van der Waals surface area contributed by atoms with Crippen molar-refractivity contribution >= 4 is 15.5 Å². The van der Waals surface area contributed by atoms with E-state index in [9.17, 15) is 18.6 Å². The molecular weight excluding hydrogens is 448 g/mol. The molecule has 0 spiro atoms. The maximum Gasteiger partial charge on any atom is 0.156 e. The molecule has 0 fully saturated rings. The number of oxime groups is 1. The second kappa shape index (κ2) is 10.3. The summed E-state index contributed by atoms with van der Waals surface area (Å²) in [6, 6.07) is 15.1. The Bertz CT molecular complexity index is 1070. The van der Waals surface area contributed by atoms with Gasteiger partial charge >= 0.3 is 0 Å². The lowest BCUT2D eigenvalue weighted by Gasteiger charge is -2.32. The van der Waals surface area contributed by atoms with Gasteiger partial charge in [-0.1, -0.05) is 53.7 Å². The lowest BCUT2D eigenvalue weighted by Crippen LogP contribution is -2.54. The van der Waals surface area contributed by atoms with E-state index >= 15 is 0 Å². The predicted octanol–water partition coefficient (Wildman–Crippen LogP) is 1.75. The minimum atomic E-state index is -3.73. The molecule has 0 bridgehead atoms. The molecule has 9 nitrogen and oxygen atoms in total. The van der Waals surface area contributed by atoms with E-state index in [0.717, 1.165) is 28.5 Å². The average molecular weight is 479 g/mol. The van der Waals surface area contributed by atoms with Crippen molar-refractivity contribution in [3.63, 3.8) is 0 Å². The van der Waals surface area contributed by atoms with Crippen molar-refractivity contribution in [1.29, 1.82) is 0 Å². The molecule has 0 aromatic heterocycles. The Balaban J connectivity index is 1.67. The molecule has 3 rings (SSSR count). The highest BCUT2D eigenvalue weighted by Crippen LogP contribution is 2.31. The lowest BCUT2D eigenvalue weighted by atomic mass is 9.95. The minimum Gasteiger partial charge on any atom is -0.396 e. The number of aliphatic hydroxyl groups excluding tert-OH is 3. The maximum atomic E-state index is 12.2. The number of rotatable bonds is 10. The van der Waals surface area contributed by atoms with Gasteiger partial charge in [0.05, 0.1) is 11.8 Å². The molecule has 1 aliphatic heterocycles. The van der Waals surface area contributed by atoms with Gasteiger partial charge in [0, 0.05) is 32.1 Å². The van der Waals surface area contributed by atoms with Gasteiger partial charge in [0.2, 0.25) is 0 Å². The Labute approximate surface area is 193 Å². The number of nitrogens with zero attached hydrogens (tertiary/aromatic N) is 1. The maximum absolute atomic E-state index is 12.2. The van der Waals surface area contributed by atoms with Crippen LogP contribution in [0.3, 0.4) is 0 Å². The van der Waals surface area contributed by atoms with E-state index in [1.54, 1.807) is 5.48 Å². The van der Waals surface area contributed by atoms with Crippen molar-refractivity contribution in [3.8, 4) is 11.1 Å². The zero-order chi connectivity index (χ0) is 24.2. The monoisotopic (exact) mass is 478 g/mol. The molecule has 5 N–H and O–H groups in total. The number of nitrogens with one attached hydrogen (secondary N) is 1. The molecule has 0 amide bonds. The van der Waals surface area contributed by atoms with Crippen molar-refractivity contribution in [2.24, 2.45) is 5.16 Å². The first-order chi connectivity index (χ1) is 15.6. The van der Waals surface area contributed by atoms with Crippen LogP contribution in [0, 0.1) is 0 Å². The van der Waals surface area contributed by atoms with E-state index in [-0.39, 0.29) is 19.4 Å². The highest BCUT2D eigenvalue weighted by atomic mass is 32.2. The summed E-state index contributed by atoms with van der Waals surface area (Å²) >= 11 is 0. The molecule has 0 saturated heterocycles. The van der Waals surface area contributed by atoms with Crippen molar-refractivity contribution in [3.05, 3.63) is 59.7 Å². The van der Waals surface area contributed by atoms with E-state index in [1.165, 1.54) is 6.92 Å². The minimum absolute atomic E-state index is 0.0554. The molecule has 4 atom stereocenters. The molecule has 1 aliphatic rings. The van der Waals surface area contributed by atoms with Crippen LogP contribution < -0.4 is 5.48 Å². The van der Waals surface area contributed by atoms with Crippen molar-refractivity contribution < 1.29 is 33.8 Å². The largest absolute Gasteiger partial charge is 0.396 e. The van der Waals surface area contributed by atoms with Gasteiger partial charge < -0.3 is 25.4 Å². The summed E-state index contributed by atoms with van der Waals surface area (Å²) in [6.07, 6.45) is -1.34. The van der Waals surface area contributed by atoms with Gasteiger partial charge in [-0.3, -0.25) is 0 Å². The van der Waals surface area contributed by atoms with Gasteiger partial charge in [0.1, 0.15) is 17.1 Å². The molecule has 2 aromatic rings. The van der Waals surface area contributed by atoms with Gasteiger partial charge in [-0.05, 0) is 29.2 Å². The van der Waals surface area contributed by atoms with Gasteiger partial charge in [-0.25, -0.2) is 8.42 Å². The predicted molar refractivity (Wildman–Crippen MR) is 123 cm³/mol. The van der Waals surface area contributed by atoms with Crippen LogP contribution >= 0.6 is 0 Å². The number of hydrogen-bond acceptors (Lipinski definition) is 9. The number of hydrogen-bond donors (Lipinski definition) is 5. The Morgan fingerprint density at radius 2 is 1.64 bits per heavy atom. The topological polar surface area (TPSA) is 149 Å². The molecule has 0 aliphatic carbocycles. The van der Waals surface area contributed by atoms with E-state index in [0.29, 0.717) is 12.1 Å². The molecule has 2 aromatic carbocycles. The van der Waals surface area contributed by atoms with Crippen LogP contribution in [-0.2, 0) is 14.7 Å². The molecule has 2 unspecified atom stereocenters. The molecule has 10 heteroatoms. The fourth-order valence-corrected chi connectivity index (χ4v) is 4.75. The summed E-state index contributed by atoms with van der Waals surface area (Å²) in [6.45, 7) is 1.27. The van der Waals surface area contributed by atoms with Crippen LogP contribution in [-0.4, -0.2) is 64.6 Å². The van der Waals surface area contributed by atoms with Gasteiger partial charge in [0.25, 0.3) is 0 Å². The Morgan fingerprint density at radius 1 is 1.09 bits per heavy atom. The number of aliphatic hydroxyl groups is 3. The van der Waals surface area contributed by atoms with Crippen LogP contribution in [0.4, 0.5) is 0 Å². The van der Waals surface area contributed by atoms with Crippen molar-refractivity contribution in [2.45, 2.75) is 49.4 Å². The van der Waals surface area contributed by atoms with Gasteiger partial charge in [-0.2, -0.15) is 5.48 Å². The Morgan fingerprint density at radius 3 is 2.15 bits per heavy atom. The zero-order valence-electron chi connectivity index (χ0n) is 18.5. The van der Waals surface area contributed by atoms with Crippen molar-refractivity contribution in [1.82, 2.24) is 5.48 Å². The molecule has 180 valence electrons. The summed E-state index contributed by atoms with van der Waals surface area (Å²) in [5.41, 5.74) is 5.81. The van der Waals surface area contributed by atoms with Gasteiger partial charge in [-0.15, -0.1) is 0 Å². The van der Waals surface area contributed by atoms with E-state index in [2.05, 4.69) is 5.16 Å². The number of sulfone groups is 1. The molecular formula is C23H30N2O7S. The van der Waals surface area contributed by atoms with E-state index in [4.69, 9.17) is 15.2 Å². The quantitative estimate of drug-likeness (QED) is 0.256. The first kappa shape index (κ1) is 25.3. The SMILES string of the molecule is C[C@@](C[C@H]1CC(c2ccc(-c3ccc(C(O)CCO)cc3)cc2)=NO1)(C(O)NO)S(C)(=O)=O. The second-order valence-electron chi connectivity index (χ2n) is 8.52.